The second-order valence-corrected chi connectivity index (χ2v) is 7.54. The fraction of sp³-hybridized carbons (Fsp3) is 0.318. The summed E-state index contributed by atoms with van der Waals surface area (Å²) in [5, 5.41) is 11.3. The predicted molar refractivity (Wildman–Crippen MR) is 111 cm³/mol. The van der Waals surface area contributed by atoms with E-state index < -0.39 is 0 Å². The number of pyridine rings is 1. The van der Waals surface area contributed by atoms with Crippen molar-refractivity contribution in [3.8, 4) is 11.5 Å². The molecule has 29 heavy (non-hydrogen) atoms. The molecule has 0 saturated carbocycles. The average molecular weight is 395 g/mol. The molecule has 2 aromatic rings. The molecule has 0 radical (unpaired) electrons. The van der Waals surface area contributed by atoms with Crippen molar-refractivity contribution < 1.29 is 19.7 Å². The fourth-order valence-electron chi connectivity index (χ4n) is 3.17. The molecule has 2 heterocycles. The van der Waals surface area contributed by atoms with Gasteiger partial charge in [0.05, 0.1) is 11.3 Å². The number of carbonyl (C=O) groups excluding carboxylic acids is 1. The number of amides is 1. The predicted octanol–water partition coefficient (Wildman–Crippen LogP) is 1.56. The van der Waals surface area contributed by atoms with Crippen LogP contribution in [0.25, 0.3) is 0 Å². The van der Waals surface area contributed by atoms with Gasteiger partial charge in [-0.15, -0.1) is 0 Å². The van der Waals surface area contributed by atoms with Crippen LogP contribution in [0.4, 0.5) is 0 Å². The first-order chi connectivity index (χ1) is 13.8. The van der Waals surface area contributed by atoms with Gasteiger partial charge in [0.25, 0.3) is 5.84 Å². The van der Waals surface area contributed by atoms with Gasteiger partial charge in [0.2, 0.25) is 0 Å². The van der Waals surface area contributed by atoms with Crippen LogP contribution in [0.3, 0.4) is 0 Å². The first kappa shape index (κ1) is 20.4. The van der Waals surface area contributed by atoms with E-state index in [1.165, 1.54) is 0 Å². The van der Waals surface area contributed by atoms with Crippen molar-refractivity contribution in [2.75, 3.05) is 7.05 Å². The lowest BCUT2D eigenvalue weighted by atomic mass is 9.99. The lowest BCUT2D eigenvalue weighted by Crippen LogP contribution is -2.49. The topological polar surface area (TPSA) is 98.1 Å². The second-order valence-electron chi connectivity index (χ2n) is 7.54. The third-order valence-electron chi connectivity index (χ3n) is 4.51. The molecule has 0 bridgehead atoms. The molecular formula is C22H27N4O3+. The van der Waals surface area contributed by atoms with E-state index in [-0.39, 0.29) is 23.4 Å². The van der Waals surface area contributed by atoms with Gasteiger partial charge >= 0.3 is 5.91 Å². The van der Waals surface area contributed by atoms with Crippen molar-refractivity contribution in [3.63, 3.8) is 0 Å². The normalized spacial score (nSPS) is 15.3. The van der Waals surface area contributed by atoms with Crippen LogP contribution in [0, 0.1) is 0 Å². The molecule has 1 amide bonds. The molecule has 0 saturated heterocycles. The van der Waals surface area contributed by atoms with Gasteiger partial charge in [-0.3, -0.25) is 10.4 Å². The highest BCUT2D eigenvalue weighted by molar-refractivity contribution is 6.08. The summed E-state index contributed by atoms with van der Waals surface area (Å²) in [4.78, 5) is 17.1. The Morgan fingerprint density at radius 2 is 2.17 bits per heavy atom. The second kappa shape index (κ2) is 8.34. The third kappa shape index (κ3) is 4.93. The highest BCUT2D eigenvalue weighted by Gasteiger charge is 2.34. The van der Waals surface area contributed by atoms with E-state index in [1.807, 2.05) is 39.0 Å². The van der Waals surface area contributed by atoms with E-state index in [1.54, 1.807) is 37.7 Å². The van der Waals surface area contributed by atoms with Gasteiger partial charge in [-0.1, -0.05) is 6.07 Å². The van der Waals surface area contributed by atoms with Gasteiger partial charge in [-0.25, -0.2) is 10.1 Å². The van der Waals surface area contributed by atoms with Gasteiger partial charge < -0.3 is 14.8 Å². The quantitative estimate of drug-likeness (QED) is 0.509. The number of hydrogen-bond acceptors (Lipinski definition) is 5. The standard InChI is InChI=1S/C22H26N4O3/c1-14(17-7-5-6-9-25-17)28-18-11-15(21(27)26-20(23)8-10-24-4)12-19-16(18)13-22(2,3)29-19/h5-12,14,24H,13H2,1-4H3,(H2,23,26,27)/p+1/b10-8-. The Kier molecular flexibility index (Phi) is 5.87. The molecule has 0 aliphatic carbocycles. The Labute approximate surface area is 170 Å². The first-order valence-corrected chi connectivity index (χ1v) is 9.50. The van der Waals surface area contributed by atoms with E-state index >= 15 is 0 Å². The minimum Gasteiger partial charge on any atom is -0.487 e. The Bertz CT molecular complexity index is 939. The number of carbonyl (C=O) groups is 1. The third-order valence-corrected chi connectivity index (χ3v) is 4.51. The van der Waals surface area contributed by atoms with Crippen LogP contribution in [0.1, 0.15) is 48.5 Å². The number of hydrogen-bond donors (Lipinski definition) is 3. The lowest BCUT2D eigenvalue weighted by molar-refractivity contribution is -0.115. The van der Waals surface area contributed by atoms with Crippen molar-refractivity contribution in [1.29, 1.82) is 0 Å². The molecule has 1 aromatic carbocycles. The number of aromatic nitrogens is 1. The van der Waals surface area contributed by atoms with Gasteiger partial charge in [0.15, 0.2) is 0 Å². The van der Waals surface area contributed by atoms with E-state index in [2.05, 4.69) is 15.6 Å². The van der Waals surface area contributed by atoms with Crippen molar-refractivity contribution in [3.05, 3.63) is 65.6 Å². The number of fused-ring (bicyclic) bond motifs is 1. The Morgan fingerprint density at radius 3 is 2.86 bits per heavy atom. The summed E-state index contributed by atoms with van der Waals surface area (Å²) in [7, 11) is 1.75. The maximum atomic E-state index is 12.7. The monoisotopic (exact) mass is 395 g/mol. The zero-order valence-corrected chi connectivity index (χ0v) is 17.2. The van der Waals surface area contributed by atoms with E-state index in [0.717, 1.165) is 11.3 Å². The van der Waals surface area contributed by atoms with E-state index in [0.29, 0.717) is 23.5 Å². The summed E-state index contributed by atoms with van der Waals surface area (Å²) >= 11 is 0. The molecule has 3 rings (SSSR count). The summed E-state index contributed by atoms with van der Waals surface area (Å²) in [6.45, 7) is 5.94. The summed E-state index contributed by atoms with van der Waals surface area (Å²) in [6, 6.07) is 9.14. The minimum atomic E-state index is -0.371. The van der Waals surface area contributed by atoms with Crippen molar-refractivity contribution in [2.45, 2.75) is 38.9 Å². The maximum Gasteiger partial charge on any atom is 0.339 e. The largest absolute Gasteiger partial charge is 0.487 e. The van der Waals surface area contributed by atoms with Crippen LogP contribution in [-0.2, 0) is 6.42 Å². The smallest absolute Gasteiger partial charge is 0.339 e. The lowest BCUT2D eigenvalue weighted by Gasteiger charge is -2.17. The average Bonchev–Trinajstić information content (AvgIpc) is 3.01. The number of ether oxygens (including phenoxy) is 2. The summed E-state index contributed by atoms with van der Waals surface area (Å²) < 4.78 is 12.3. The summed E-state index contributed by atoms with van der Waals surface area (Å²) in [5.41, 5.74) is 1.79. The highest BCUT2D eigenvalue weighted by atomic mass is 16.5. The number of nitrogens with two attached hydrogens (primary N) is 1. The Balaban J connectivity index is 1.90. The molecule has 4 N–H and O–H groups in total. The molecule has 1 atom stereocenters. The maximum absolute atomic E-state index is 12.7. The number of amidine groups is 1. The fourth-order valence-corrected chi connectivity index (χ4v) is 3.17. The van der Waals surface area contributed by atoms with Crippen LogP contribution in [0.5, 0.6) is 11.5 Å². The van der Waals surface area contributed by atoms with Crippen molar-refractivity contribution in [2.24, 2.45) is 0 Å². The van der Waals surface area contributed by atoms with Crippen molar-refractivity contribution in [1.82, 2.24) is 15.6 Å². The molecule has 7 heteroatoms. The Morgan fingerprint density at radius 1 is 1.38 bits per heavy atom. The molecule has 1 aliphatic heterocycles. The molecule has 7 nitrogen and oxygen atoms in total. The summed E-state index contributed by atoms with van der Waals surface area (Å²) in [5.74, 6) is 1.15. The molecule has 0 spiro atoms. The molecule has 1 unspecified atom stereocenters. The SMILES string of the molecule is CN/C=C\C(=[NH2+])NC(=O)c1cc(OC(C)c2ccccn2)c2c(c1)OC(C)(C)C2. The van der Waals surface area contributed by atoms with Crippen molar-refractivity contribution >= 4 is 11.7 Å². The zero-order chi connectivity index (χ0) is 21.0. The van der Waals surface area contributed by atoms with Gasteiger partial charge in [0.1, 0.15) is 23.2 Å². The van der Waals surface area contributed by atoms with Gasteiger partial charge in [-0.05, 0) is 45.0 Å². The van der Waals surface area contributed by atoms with Crippen LogP contribution in [0.2, 0.25) is 0 Å². The first-order valence-electron chi connectivity index (χ1n) is 9.50. The number of nitrogens with zero attached hydrogens (tertiary/aromatic N) is 1. The number of nitrogens with one attached hydrogen (secondary N) is 2. The molecular weight excluding hydrogens is 368 g/mol. The molecule has 152 valence electrons. The van der Waals surface area contributed by atoms with Gasteiger partial charge in [0, 0.05) is 37.5 Å². The van der Waals surface area contributed by atoms with Crippen LogP contribution in [0.15, 0.2) is 48.8 Å². The van der Waals surface area contributed by atoms with Crippen LogP contribution >= 0.6 is 0 Å². The van der Waals surface area contributed by atoms with Gasteiger partial charge in [-0.2, -0.15) is 0 Å². The number of rotatable bonds is 6. The molecule has 1 aromatic heterocycles. The Hall–Kier alpha value is -3.35. The highest BCUT2D eigenvalue weighted by Crippen LogP contribution is 2.42. The number of benzene rings is 1. The van der Waals surface area contributed by atoms with E-state index in [9.17, 15) is 4.79 Å². The van der Waals surface area contributed by atoms with Crippen LogP contribution in [-0.4, -0.2) is 29.4 Å². The van der Waals surface area contributed by atoms with E-state index in [4.69, 9.17) is 14.9 Å². The summed E-state index contributed by atoms with van der Waals surface area (Å²) in [6.07, 6.45) is 5.34. The minimum absolute atomic E-state index is 0.232. The van der Waals surface area contributed by atoms with Crippen LogP contribution < -0.4 is 25.5 Å². The molecule has 1 aliphatic rings. The zero-order valence-electron chi connectivity index (χ0n) is 17.2. The molecule has 0 fully saturated rings.